The molecule has 0 saturated carbocycles. The number of aryl methyl sites for hydroxylation is 1. The molecular formula is C23H18N4O5S. The van der Waals surface area contributed by atoms with Crippen LogP contribution in [0.2, 0.25) is 0 Å². The van der Waals surface area contributed by atoms with E-state index >= 15 is 0 Å². The van der Waals surface area contributed by atoms with E-state index in [1.54, 1.807) is 12.1 Å². The first kappa shape index (κ1) is 20.8. The summed E-state index contributed by atoms with van der Waals surface area (Å²) in [5, 5.41) is 21.7. The lowest BCUT2D eigenvalue weighted by Gasteiger charge is -2.21. The number of hydrogen-bond donors (Lipinski definition) is 1. The highest BCUT2D eigenvalue weighted by molar-refractivity contribution is 7.10. The SMILES string of the molecule is Cc1ccc(C2=NN(C(=O)Cn3nc(C(=O)O)c4ccccc4c3=O)[C@@H](c3cccs3)C2)o1. The summed E-state index contributed by atoms with van der Waals surface area (Å²) in [5.74, 6) is -0.441. The molecule has 0 unspecified atom stereocenters. The van der Waals surface area contributed by atoms with Crippen LogP contribution in [-0.2, 0) is 11.3 Å². The highest BCUT2D eigenvalue weighted by atomic mass is 32.1. The number of fused-ring (bicyclic) bond motifs is 1. The van der Waals surface area contributed by atoms with Crippen molar-refractivity contribution in [3.05, 3.63) is 86.4 Å². The Hall–Kier alpha value is -4.05. The molecule has 166 valence electrons. The van der Waals surface area contributed by atoms with Crippen LogP contribution in [0.3, 0.4) is 0 Å². The van der Waals surface area contributed by atoms with Crippen molar-refractivity contribution in [2.75, 3.05) is 0 Å². The molecule has 0 aliphatic carbocycles. The van der Waals surface area contributed by atoms with Gasteiger partial charge in [0.05, 0.1) is 11.4 Å². The molecule has 1 aromatic carbocycles. The molecule has 0 saturated heterocycles. The fourth-order valence-electron chi connectivity index (χ4n) is 3.88. The summed E-state index contributed by atoms with van der Waals surface area (Å²) in [6.07, 6.45) is 0.458. The molecule has 1 aliphatic rings. The Morgan fingerprint density at radius 3 is 2.61 bits per heavy atom. The van der Waals surface area contributed by atoms with Crippen LogP contribution in [0.1, 0.15) is 39.3 Å². The third-order valence-electron chi connectivity index (χ3n) is 5.42. The predicted octanol–water partition coefficient (Wildman–Crippen LogP) is 3.44. The summed E-state index contributed by atoms with van der Waals surface area (Å²) in [7, 11) is 0. The van der Waals surface area contributed by atoms with E-state index in [4.69, 9.17) is 4.42 Å². The molecule has 3 aromatic heterocycles. The first-order valence-electron chi connectivity index (χ1n) is 10.2. The summed E-state index contributed by atoms with van der Waals surface area (Å²) >= 11 is 1.50. The van der Waals surface area contributed by atoms with Crippen molar-refractivity contribution in [3.63, 3.8) is 0 Å². The zero-order valence-electron chi connectivity index (χ0n) is 17.5. The summed E-state index contributed by atoms with van der Waals surface area (Å²) in [5.41, 5.74) is -0.203. The second-order valence-corrected chi connectivity index (χ2v) is 8.57. The van der Waals surface area contributed by atoms with Crippen molar-refractivity contribution >= 4 is 39.7 Å². The van der Waals surface area contributed by atoms with E-state index in [1.807, 2.05) is 36.6 Å². The minimum Gasteiger partial charge on any atom is -0.476 e. The fourth-order valence-corrected chi connectivity index (χ4v) is 4.69. The Labute approximate surface area is 191 Å². The number of nitrogens with zero attached hydrogens (tertiary/aromatic N) is 4. The molecular weight excluding hydrogens is 444 g/mol. The molecule has 4 aromatic rings. The lowest BCUT2D eigenvalue weighted by molar-refractivity contribution is -0.133. The molecule has 0 bridgehead atoms. The molecule has 0 radical (unpaired) electrons. The molecule has 1 atom stereocenters. The molecule has 0 spiro atoms. The van der Waals surface area contributed by atoms with E-state index in [1.165, 1.54) is 28.5 Å². The predicted molar refractivity (Wildman–Crippen MR) is 121 cm³/mol. The van der Waals surface area contributed by atoms with Crippen LogP contribution in [-0.4, -0.2) is 37.5 Å². The number of aromatic carboxylic acids is 1. The Bertz CT molecular complexity index is 1470. The molecule has 1 N–H and O–H groups in total. The molecule has 9 nitrogen and oxygen atoms in total. The van der Waals surface area contributed by atoms with Crippen molar-refractivity contribution in [3.8, 4) is 0 Å². The zero-order chi connectivity index (χ0) is 23.1. The molecule has 1 aliphatic heterocycles. The summed E-state index contributed by atoms with van der Waals surface area (Å²) < 4.78 is 6.58. The van der Waals surface area contributed by atoms with Gasteiger partial charge in [0, 0.05) is 16.7 Å². The minimum absolute atomic E-state index is 0.184. The largest absolute Gasteiger partial charge is 0.476 e. The van der Waals surface area contributed by atoms with Crippen LogP contribution >= 0.6 is 11.3 Å². The van der Waals surface area contributed by atoms with Crippen LogP contribution < -0.4 is 5.56 Å². The molecule has 0 fully saturated rings. The van der Waals surface area contributed by atoms with E-state index in [0.29, 0.717) is 17.9 Å². The lowest BCUT2D eigenvalue weighted by atomic mass is 10.1. The number of carbonyl (C=O) groups is 2. The number of carboxylic acid groups (broad SMARTS) is 1. The van der Waals surface area contributed by atoms with E-state index in [0.717, 1.165) is 15.3 Å². The molecule has 10 heteroatoms. The van der Waals surface area contributed by atoms with Crippen LogP contribution in [0.15, 0.2) is 68.2 Å². The standard InChI is InChI=1S/C23H18N4O5S/c1-13-8-9-18(32-13)16-11-17(19-7-4-10-33-19)27(24-16)20(28)12-26-22(29)15-6-3-2-5-14(15)21(25-26)23(30)31/h2-10,17H,11-12H2,1H3,(H,30,31)/t17-/m1/s1. The topological polar surface area (TPSA) is 118 Å². The summed E-state index contributed by atoms with van der Waals surface area (Å²) in [4.78, 5) is 38.9. The highest BCUT2D eigenvalue weighted by Crippen LogP contribution is 2.35. The van der Waals surface area contributed by atoms with Crippen molar-refractivity contribution in [1.29, 1.82) is 0 Å². The third kappa shape index (κ3) is 3.74. The number of thiophene rings is 1. The van der Waals surface area contributed by atoms with E-state index in [-0.39, 0.29) is 22.5 Å². The molecule has 33 heavy (non-hydrogen) atoms. The van der Waals surface area contributed by atoms with Gasteiger partial charge in [-0.1, -0.05) is 24.3 Å². The van der Waals surface area contributed by atoms with Gasteiger partial charge in [-0.25, -0.2) is 14.5 Å². The number of hydrogen-bond acceptors (Lipinski definition) is 7. The van der Waals surface area contributed by atoms with Crippen LogP contribution in [0.25, 0.3) is 10.8 Å². The first-order chi connectivity index (χ1) is 15.9. The maximum absolute atomic E-state index is 13.3. The number of rotatable bonds is 5. The molecule has 1 amide bonds. The summed E-state index contributed by atoms with van der Waals surface area (Å²) in [6.45, 7) is 1.39. The van der Waals surface area contributed by atoms with Crippen molar-refractivity contribution < 1.29 is 19.1 Å². The van der Waals surface area contributed by atoms with Crippen molar-refractivity contribution in [1.82, 2.24) is 14.8 Å². The van der Waals surface area contributed by atoms with Crippen LogP contribution in [0.4, 0.5) is 0 Å². The molecule has 4 heterocycles. The quantitative estimate of drug-likeness (QED) is 0.485. The number of benzene rings is 1. The normalized spacial score (nSPS) is 15.7. The Morgan fingerprint density at radius 2 is 1.94 bits per heavy atom. The zero-order valence-corrected chi connectivity index (χ0v) is 18.3. The van der Waals surface area contributed by atoms with Gasteiger partial charge in [0.2, 0.25) is 0 Å². The van der Waals surface area contributed by atoms with E-state index in [9.17, 15) is 19.5 Å². The highest BCUT2D eigenvalue weighted by Gasteiger charge is 2.35. The number of furan rings is 1. The van der Waals surface area contributed by atoms with Gasteiger partial charge in [0.25, 0.3) is 11.5 Å². The maximum atomic E-state index is 13.3. The van der Waals surface area contributed by atoms with Crippen molar-refractivity contribution in [2.45, 2.75) is 25.9 Å². The van der Waals surface area contributed by atoms with Gasteiger partial charge < -0.3 is 9.52 Å². The monoisotopic (exact) mass is 462 g/mol. The van der Waals surface area contributed by atoms with E-state index < -0.39 is 24.0 Å². The summed E-state index contributed by atoms with van der Waals surface area (Å²) in [6, 6.07) is 13.4. The first-order valence-corrected chi connectivity index (χ1v) is 11.0. The number of carbonyl (C=O) groups excluding carboxylic acids is 1. The van der Waals surface area contributed by atoms with Gasteiger partial charge in [-0.3, -0.25) is 9.59 Å². The number of aromatic nitrogens is 2. The van der Waals surface area contributed by atoms with Gasteiger partial charge >= 0.3 is 5.97 Å². The van der Waals surface area contributed by atoms with Gasteiger partial charge in [-0.15, -0.1) is 11.3 Å². The second-order valence-electron chi connectivity index (χ2n) is 7.59. The van der Waals surface area contributed by atoms with Crippen molar-refractivity contribution in [2.24, 2.45) is 5.10 Å². The van der Waals surface area contributed by atoms with Crippen LogP contribution in [0, 0.1) is 6.92 Å². The minimum atomic E-state index is -1.28. The maximum Gasteiger partial charge on any atom is 0.357 e. The Balaban J connectivity index is 1.53. The van der Waals surface area contributed by atoms with E-state index in [2.05, 4.69) is 10.2 Å². The number of amides is 1. The second kappa shape index (κ2) is 8.14. The molecule has 5 rings (SSSR count). The van der Waals surface area contributed by atoms with Gasteiger partial charge in [-0.05, 0) is 36.6 Å². The average molecular weight is 462 g/mol. The van der Waals surface area contributed by atoms with Gasteiger partial charge in [-0.2, -0.15) is 10.2 Å². The Kier molecular flexibility index (Phi) is 5.14. The van der Waals surface area contributed by atoms with Gasteiger partial charge in [0.15, 0.2) is 5.69 Å². The average Bonchev–Trinajstić information content (AvgIpc) is 3.55. The van der Waals surface area contributed by atoms with Gasteiger partial charge in [0.1, 0.15) is 23.8 Å². The fraction of sp³-hybridized carbons (Fsp3) is 0.174. The lowest BCUT2D eigenvalue weighted by Crippen LogP contribution is -2.35. The smallest absolute Gasteiger partial charge is 0.357 e. The third-order valence-corrected chi connectivity index (χ3v) is 6.39. The van der Waals surface area contributed by atoms with Crippen LogP contribution in [0.5, 0.6) is 0 Å². The number of hydrazone groups is 1. The number of carboxylic acids is 1. The Morgan fingerprint density at radius 1 is 1.15 bits per heavy atom.